The van der Waals surface area contributed by atoms with Gasteiger partial charge in [0.25, 0.3) is 0 Å². The summed E-state index contributed by atoms with van der Waals surface area (Å²) in [6, 6.07) is 8.27. The molecule has 0 saturated carbocycles. The fraction of sp³-hybridized carbons (Fsp3) is 0.474. The number of hydrogen-bond donors (Lipinski definition) is 1. The molecule has 146 valence electrons. The summed E-state index contributed by atoms with van der Waals surface area (Å²) < 4.78 is 5.35. The Balaban J connectivity index is 1.61. The van der Waals surface area contributed by atoms with Gasteiger partial charge in [0.1, 0.15) is 5.75 Å². The molecule has 1 fully saturated rings. The van der Waals surface area contributed by atoms with Crippen LogP contribution in [0, 0.1) is 0 Å². The van der Waals surface area contributed by atoms with Crippen molar-refractivity contribution in [3.63, 3.8) is 0 Å². The largest absolute Gasteiger partial charge is 0.497 e. The molecule has 27 heavy (non-hydrogen) atoms. The van der Waals surface area contributed by atoms with Crippen molar-refractivity contribution in [2.45, 2.75) is 6.04 Å². The second kappa shape index (κ2) is 9.05. The van der Waals surface area contributed by atoms with Crippen molar-refractivity contribution in [2.24, 2.45) is 10.7 Å². The molecule has 0 spiro atoms. The first-order valence-corrected chi connectivity index (χ1v) is 9.96. The SMILES string of the molecule is COc1cccc(C(CN=C(N)N2CCN(c3nccs3)CC2)N(C)C)c1. The summed E-state index contributed by atoms with van der Waals surface area (Å²) in [5, 5.41) is 3.09. The maximum Gasteiger partial charge on any atom is 0.191 e. The third-order valence-electron chi connectivity index (χ3n) is 4.82. The molecule has 1 aliphatic rings. The number of benzene rings is 1. The lowest BCUT2D eigenvalue weighted by Gasteiger charge is -2.35. The van der Waals surface area contributed by atoms with Gasteiger partial charge in [-0.15, -0.1) is 11.3 Å². The molecule has 0 aliphatic carbocycles. The van der Waals surface area contributed by atoms with Gasteiger partial charge in [-0.2, -0.15) is 0 Å². The fourth-order valence-electron chi connectivity index (χ4n) is 3.19. The van der Waals surface area contributed by atoms with E-state index in [4.69, 9.17) is 15.5 Å². The van der Waals surface area contributed by atoms with Crippen molar-refractivity contribution < 1.29 is 4.74 Å². The molecule has 0 bridgehead atoms. The molecule has 2 N–H and O–H groups in total. The Bertz CT molecular complexity index is 740. The van der Waals surface area contributed by atoms with E-state index < -0.39 is 0 Å². The minimum Gasteiger partial charge on any atom is -0.497 e. The summed E-state index contributed by atoms with van der Waals surface area (Å²) in [5.74, 6) is 1.47. The monoisotopic (exact) mass is 388 g/mol. The Labute approximate surface area is 165 Å². The molecule has 1 atom stereocenters. The van der Waals surface area contributed by atoms with Gasteiger partial charge in [0, 0.05) is 37.8 Å². The summed E-state index contributed by atoms with van der Waals surface area (Å²) in [6.45, 7) is 4.16. The Kier molecular flexibility index (Phi) is 6.52. The predicted molar refractivity (Wildman–Crippen MR) is 112 cm³/mol. The maximum absolute atomic E-state index is 6.30. The zero-order valence-corrected chi connectivity index (χ0v) is 17.0. The van der Waals surface area contributed by atoms with Crippen molar-refractivity contribution in [3.05, 3.63) is 41.4 Å². The zero-order valence-electron chi connectivity index (χ0n) is 16.2. The Morgan fingerprint density at radius 2 is 2.11 bits per heavy atom. The van der Waals surface area contributed by atoms with Crippen LogP contribution in [-0.4, -0.2) is 74.7 Å². The highest BCUT2D eigenvalue weighted by Crippen LogP contribution is 2.23. The molecule has 3 rings (SSSR count). The van der Waals surface area contributed by atoms with E-state index in [1.807, 2.05) is 23.7 Å². The van der Waals surface area contributed by atoms with Crippen LogP contribution >= 0.6 is 11.3 Å². The first kappa shape index (κ1) is 19.4. The number of hydrogen-bond acceptors (Lipinski definition) is 6. The van der Waals surface area contributed by atoms with Crippen molar-refractivity contribution in [1.29, 1.82) is 0 Å². The molecule has 1 aromatic heterocycles. The van der Waals surface area contributed by atoms with Crippen molar-refractivity contribution in [1.82, 2.24) is 14.8 Å². The van der Waals surface area contributed by atoms with Crippen LogP contribution in [0.5, 0.6) is 5.75 Å². The highest BCUT2D eigenvalue weighted by Gasteiger charge is 2.21. The quantitative estimate of drug-likeness (QED) is 0.602. The number of thiazole rings is 1. The third-order valence-corrected chi connectivity index (χ3v) is 5.65. The maximum atomic E-state index is 6.30. The lowest BCUT2D eigenvalue weighted by molar-refractivity contribution is 0.303. The van der Waals surface area contributed by atoms with E-state index in [-0.39, 0.29) is 6.04 Å². The van der Waals surface area contributed by atoms with E-state index in [1.165, 1.54) is 5.56 Å². The van der Waals surface area contributed by atoms with Crippen molar-refractivity contribution in [3.8, 4) is 5.75 Å². The molecule has 0 amide bonds. The van der Waals surface area contributed by atoms with Gasteiger partial charge in [-0.3, -0.25) is 4.99 Å². The molecular formula is C19H28N6OS. The van der Waals surface area contributed by atoms with Gasteiger partial charge in [0.2, 0.25) is 0 Å². The van der Waals surface area contributed by atoms with E-state index in [2.05, 4.69) is 45.9 Å². The van der Waals surface area contributed by atoms with E-state index >= 15 is 0 Å². The number of rotatable bonds is 6. The number of nitrogens with two attached hydrogens (primary N) is 1. The molecule has 2 heterocycles. The molecular weight excluding hydrogens is 360 g/mol. The molecule has 1 saturated heterocycles. The van der Waals surface area contributed by atoms with Gasteiger partial charge in [-0.25, -0.2) is 4.98 Å². The van der Waals surface area contributed by atoms with Gasteiger partial charge in [-0.1, -0.05) is 12.1 Å². The van der Waals surface area contributed by atoms with E-state index in [0.717, 1.165) is 37.1 Å². The summed E-state index contributed by atoms with van der Waals surface area (Å²) >= 11 is 1.68. The molecule has 1 aromatic carbocycles. The van der Waals surface area contributed by atoms with Crippen molar-refractivity contribution >= 4 is 22.4 Å². The number of anilines is 1. The predicted octanol–water partition coefficient (Wildman–Crippen LogP) is 1.89. The minimum absolute atomic E-state index is 0.148. The lowest BCUT2D eigenvalue weighted by Crippen LogP contribution is -2.51. The second-order valence-corrected chi connectivity index (χ2v) is 7.62. The van der Waals surface area contributed by atoms with Crippen LogP contribution in [0.2, 0.25) is 0 Å². The lowest BCUT2D eigenvalue weighted by atomic mass is 10.1. The number of likely N-dealkylation sites (N-methyl/N-ethyl adjacent to an activating group) is 1. The summed E-state index contributed by atoms with van der Waals surface area (Å²) in [5.41, 5.74) is 7.47. The normalized spacial score (nSPS) is 16.7. The van der Waals surface area contributed by atoms with Gasteiger partial charge < -0.3 is 25.2 Å². The number of guanidine groups is 1. The fourth-order valence-corrected chi connectivity index (χ4v) is 3.89. The number of aromatic nitrogens is 1. The number of methoxy groups -OCH3 is 1. The average Bonchev–Trinajstić information content (AvgIpc) is 3.23. The van der Waals surface area contributed by atoms with E-state index in [9.17, 15) is 0 Å². The van der Waals surface area contributed by atoms with Crippen LogP contribution in [0.3, 0.4) is 0 Å². The summed E-state index contributed by atoms with van der Waals surface area (Å²) in [6.07, 6.45) is 1.85. The molecule has 7 nitrogen and oxygen atoms in total. The summed E-state index contributed by atoms with van der Waals surface area (Å²) in [7, 11) is 5.80. The highest BCUT2D eigenvalue weighted by molar-refractivity contribution is 7.13. The van der Waals surface area contributed by atoms with E-state index in [0.29, 0.717) is 12.5 Å². The van der Waals surface area contributed by atoms with Gasteiger partial charge in [-0.05, 0) is 31.8 Å². The number of ether oxygens (including phenoxy) is 1. The third kappa shape index (κ3) is 4.90. The van der Waals surface area contributed by atoms with Crippen LogP contribution in [-0.2, 0) is 0 Å². The van der Waals surface area contributed by atoms with Gasteiger partial charge >= 0.3 is 0 Å². The number of piperazine rings is 1. The minimum atomic E-state index is 0.148. The second-order valence-electron chi connectivity index (χ2n) is 6.74. The first-order valence-electron chi connectivity index (χ1n) is 9.08. The van der Waals surface area contributed by atoms with Crippen LogP contribution < -0.4 is 15.4 Å². The van der Waals surface area contributed by atoms with Gasteiger partial charge in [0.05, 0.1) is 19.7 Å². The smallest absolute Gasteiger partial charge is 0.191 e. The van der Waals surface area contributed by atoms with Crippen LogP contribution in [0.25, 0.3) is 0 Å². The number of aliphatic imine (C=N–C) groups is 1. The molecule has 1 unspecified atom stereocenters. The molecule has 8 heteroatoms. The zero-order chi connectivity index (χ0) is 19.2. The van der Waals surface area contributed by atoms with Crippen LogP contribution in [0.1, 0.15) is 11.6 Å². The summed E-state index contributed by atoms with van der Waals surface area (Å²) in [4.78, 5) is 15.7. The Hall–Kier alpha value is -2.32. The van der Waals surface area contributed by atoms with Crippen LogP contribution in [0.4, 0.5) is 5.13 Å². The number of nitrogens with zero attached hydrogens (tertiary/aromatic N) is 5. The molecule has 1 aliphatic heterocycles. The average molecular weight is 389 g/mol. The van der Waals surface area contributed by atoms with Crippen molar-refractivity contribution in [2.75, 3.05) is 58.8 Å². The molecule has 0 radical (unpaired) electrons. The Morgan fingerprint density at radius 1 is 1.33 bits per heavy atom. The topological polar surface area (TPSA) is 70.2 Å². The molecule has 2 aromatic rings. The standard InChI is InChI=1S/C19H28N6OS/c1-23(2)17(15-5-4-6-16(13-15)26-3)14-22-18(20)24-8-10-25(11-9-24)19-21-7-12-27-19/h4-7,12-13,17H,8-11,14H2,1-3H3,(H2,20,22). The highest BCUT2D eigenvalue weighted by atomic mass is 32.1. The van der Waals surface area contributed by atoms with Gasteiger partial charge in [0.15, 0.2) is 11.1 Å². The van der Waals surface area contributed by atoms with Crippen LogP contribution in [0.15, 0.2) is 40.8 Å². The first-order chi connectivity index (χ1) is 13.1. The Morgan fingerprint density at radius 3 is 2.74 bits per heavy atom. The van der Waals surface area contributed by atoms with E-state index in [1.54, 1.807) is 18.4 Å².